The van der Waals surface area contributed by atoms with E-state index in [4.69, 9.17) is 4.74 Å². The van der Waals surface area contributed by atoms with Crippen molar-refractivity contribution in [2.75, 3.05) is 13.2 Å². The standard InChI is InChI=1S/C27H34N2O5/c1-4-18(3)25(26(31)32)29-24(30)15-17(2)13-14-28-27(33)34-16-23-21-11-7-5-9-19(21)20-10-6-8-12-22(20)23/h5-12,17-18,23,25H,4,13-16H2,1-3H3,(H,28,33)(H,29,30)(H,31,32). The van der Waals surface area contributed by atoms with Crippen LogP contribution in [0.4, 0.5) is 4.79 Å². The third-order valence-corrected chi connectivity index (χ3v) is 6.58. The largest absolute Gasteiger partial charge is 0.480 e. The molecule has 34 heavy (non-hydrogen) atoms. The van der Waals surface area contributed by atoms with Crippen LogP contribution in [0.1, 0.15) is 57.1 Å². The molecule has 3 atom stereocenters. The second kappa shape index (κ2) is 11.7. The van der Waals surface area contributed by atoms with Crippen LogP contribution in [0.3, 0.4) is 0 Å². The molecule has 3 N–H and O–H groups in total. The van der Waals surface area contributed by atoms with E-state index < -0.39 is 18.1 Å². The molecule has 0 bridgehead atoms. The fraction of sp³-hybridized carbons (Fsp3) is 0.444. The van der Waals surface area contributed by atoms with Gasteiger partial charge in [0.05, 0.1) is 0 Å². The summed E-state index contributed by atoms with van der Waals surface area (Å²) in [7, 11) is 0. The lowest BCUT2D eigenvalue weighted by atomic mass is 9.98. The Balaban J connectivity index is 1.42. The van der Waals surface area contributed by atoms with Gasteiger partial charge in [0.2, 0.25) is 5.91 Å². The Labute approximate surface area is 200 Å². The van der Waals surface area contributed by atoms with Gasteiger partial charge in [-0.3, -0.25) is 4.79 Å². The number of carbonyl (C=O) groups excluding carboxylic acids is 2. The normalized spacial score (nSPS) is 14.9. The van der Waals surface area contributed by atoms with E-state index in [9.17, 15) is 19.5 Å². The fourth-order valence-electron chi connectivity index (χ4n) is 4.40. The van der Waals surface area contributed by atoms with Crippen molar-refractivity contribution in [3.63, 3.8) is 0 Å². The van der Waals surface area contributed by atoms with Crippen molar-refractivity contribution in [1.82, 2.24) is 10.6 Å². The van der Waals surface area contributed by atoms with Crippen LogP contribution < -0.4 is 10.6 Å². The van der Waals surface area contributed by atoms with Crippen molar-refractivity contribution in [2.45, 2.75) is 52.0 Å². The van der Waals surface area contributed by atoms with Gasteiger partial charge in [-0.05, 0) is 40.5 Å². The minimum atomic E-state index is -1.02. The van der Waals surface area contributed by atoms with Gasteiger partial charge in [-0.25, -0.2) is 9.59 Å². The number of rotatable bonds is 11. The summed E-state index contributed by atoms with van der Waals surface area (Å²) in [5.41, 5.74) is 4.68. The zero-order valence-corrected chi connectivity index (χ0v) is 20.0. The number of carbonyl (C=O) groups is 3. The fourth-order valence-corrected chi connectivity index (χ4v) is 4.40. The van der Waals surface area contributed by atoms with E-state index in [1.165, 1.54) is 11.1 Å². The minimum Gasteiger partial charge on any atom is -0.480 e. The zero-order chi connectivity index (χ0) is 24.7. The zero-order valence-electron chi connectivity index (χ0n) is 20.0. The molecule has 3 rings (SSSR count). The molecule has 3 unspecified atom stereocenters. The molecule has 1 aliphatic carbocycles. The summed E-state index contributed by atoms with van der Waals surface area (Å²) in [5.74, 6) is -1.46. The Morgan fingerprint density at radius 3 is 2.15 bits per heavy atom. The van der Waals surface area contributed by atoms with Crippen LogP contribution >= 0.6 is 0 Å². The second-order valence-electron chi connectivity index (χ2n) is 9.12. The van der Waals surface area contributed by atoms with Crippen LogP contribution in [0.25, 0.3) is 11.1 Å². The maximum absolute atomic E-state index is 12.3. The van der Waals surface area contributed by atoms with Crippen LogP contribution in [0.5, 0.6) is 0 Å². The third kappa shape index (κ3) is 6.16. The Kier molecular flexibility index (Phi) is 8.68. The molecule has 0 spiro atoms. The molecule has 0 aliphatic heterocycles. The highest BCUT2D eigenvalue weighted by atomic mass is 16.5. The third-order valence-electron chi connectivity index (χ3n) is 6.58. The van der Waals surface area contributed by atoms with Crippen molar-refractivity contribution in [1.29, 1.82) is 0 Å². The number of hydrogen-bond acceptors (Lipinski definition) is 4. The highest BCUT2D eigenvalue weighted by Gasteiger charge is 2.29. The molecular formula is C27H34N2O5. The summed E-state index contributed by atoms with van der Waals surface area (Å²) in [6.07, 6.45) is 0.962. The lowest BCUT2D eigenvalue weighted by Crippen LogP contribution is -2.45. The number of benzene rings is 2. The maximum atomic E-state index is 12.3. The lowest BCUT2D eigenvalue weighted by Gasteiger charge is -2.21. The van der Waals surface area contributed by atoms with E-state index in [0.717, 1.165) is 11.1 Å². The molecule has 2 aromatic rings. The number of nitrogens with one attached hydrogen (secondary N) is 2. The van der Waals surface area contributed by atoms with Gasteiger partial charge in [-0.15, -0.1) is 0 Å². The maximum Gasteiger partial charge on any atom is 0.407 e. The monoisotopic (exact) mass is 466 g/mol. The quantitative estimate of drug-likeness (QED) is 0.450. The van der Waals surface area contributed by atoms with Crippen LogP contribution in [-0.4, -0.2) is 42.3 Å². The first-order chi connectivity index (χ1) is 16.3. The van der Waals surface area contributed by atoms with Crippen molar-refractivity contribution in [3.8, 4) is 11.1 Å². The number of hydrogen-bond donors (Lipinski definition) is 3. The van der Waals surface area contributed by atoms with Crippen molar-refractivity contribution >= 4 is 18.0 Å². The summed E-state index contributed by atoms with van der Waals surface area (Å²) in [4.78, 5) is 35.9. The molecule has 0 radical (unpaired) electrons. The van der Waals surface area contributed by atoms with Crippen LogP contribution in [0.15, 0.2) is 48.5 Å². The van der Waals surface area contributed by atoms with E-state index >= 15 is 0 Å². The Bertz CT molecular complexity index is 976. The molecule has 0 heterocycles. The smallest absolute Gasteiger partial charge is 0.407 e. The van der Waals surface area contributed by atoms with Gasteiger partial charge in [0, 0.05) is 18.9 Å². The topological polar surface area (TPSA) is 105 Å². The predicted octanol–water partition coefficient (Wildman–Crippen LogP) is 4.56. The number of fused-ring (bicyclic) bond motifs is 3. The molecule has 0 aromatic heterocycles. The molecule has 7 heteroatoms. The SMILES string of the molecule is CCC(C)C(NC(=O)CC(C)CCNC(=O)OCC1c2ccccc2-c2ccccc21)C(=O)O. The molecule has 2 amide bonds. The van der Waals surface area contributed by atoms with E-state index in [2.05, 4.69) is 34.9 Å². The molecule has 0 saturated carbocycles. The van der Waals surface area contributed by atoms with Gasteiger partial charge in [0.25, 0.3) is 0 Å². The molecule has 182 valence electrons. The lowest BCUT2D eigenvalue weighted by molar-refractivity contribution is -0.143. The molecule has 0 fully saturated rings. The summed E-state index contributed by atoms with van der Waals surface area (Å²) in [6, 6.07) is 15.5. The predicted molar refractivity (Wildman–Crippen MR) is 130 cm³/mol. The van der Waals surface area contributed by atoms with E-state index in [-0.39, 0.29) is 36.7 Å². The van der Waals surface area contributed by atoms with E-state index in [1.54, 1.807) is 6.92 Å². The molecule has 0 saturated heterocycles. The summed E-state index contributed by atoms with van der Waals surface area (Å²) in [6.45, 7) is 6.23. The number of carboxylic acids is 1. The Hall–Kier alpha value is -3.35. The number of ether oxygens (including phenoxy) is 1. The molecule has 2 aromatic carbocycles. The van der Waals surface area contributed by atoms with Crippen molar-refractivity contribution < 1.29 is 24.2 Å². The van der Waals surface area contributed by atoms with Gasteiger partial charge in [-0.1, -0.05) is 75.7 Å². The van der Waals surface area contributed by atoms with Gasteiger partial charge < -0.3 is 20.5 Å². The summed E-state index contributed by atoms with van der Waals surface area (Å²) >= 11 is 0. The second-order valence-corrected chi connectivity index (χ2v) is 9.12. The van der Waals surface area contributed by atoms with Crippen molar-refractivity contribution in [2.24, 2.45) is 11.8 Å². The number of amides is 2. The average Bonchev–Trinajstić information content (AvgIpc) is 3.14. The number of alkyl carbamates (subject to hydrolysis) is 1. The molecule has 1 aliphatic rings. The average molecular weight is 467 g/mol. The first-order valence-corrected chi connectivity index (χ1v) is 11.9. The van der Waals surface area contributed by atoms with E-state index in [0.29, 0.717) is 19.4 Å². The molecular weight excluding hydrogens is 432 g/mol. The van der Waals surface area contributed by atoms with Crippen LogP contribution in [0, 0.1) is 11.8 Å². The number of aliphatic carboxylic acids is 1. The highest BCUT2D eigenvalue weighted by molar-refractivity contribution is 5.84. The van der Waals surface area contributed by atoms with Gasteiger partial charge in [-0.2, -0.15) is 0 Å². The summed E-state index contributed by atoms with van der Waals surface area (Å²) in [5, 5.41) is 14.7. The number of carboxylic acid groups (broad SMARTS) is 1. The van der Waals surface area contributed by atoms with Crippen molar-refractivity contribution in [3.05, 3.63) is 59.7 Å². The van der Waals surface area contributed by atoms with Crippen LogP contribution in [-0.2, 0) is 14.3 Å². The minimum absolute atomic E-state index is 0.00784. The van der Waals surface area contributed by atoms with E-state index in [1.807, 2.05) is 38.1 Å². The first-order valence-electron chi connectivity index (χ1n) is 11.9. The highest BCUT2D eigenvalue weighted by Crippen LogP contribution is 2.44. The van der Waals surface area contributed by atoms with Gasteiger partial charge in [0.1, 0.15) is 12.6 Å². The van der Waals surface area contributed by atoms with Gasteiger partial charge in [0.15, 0.2) is 0 Å². The molecule has 7 nitrogen and oxygen atoms in total. The van der Waals surface area contributed by atoms with Crippen LogP contribution in [0.2, 0.25) is 0 Å². The Morgan fingerprint density at radius 2 is 1.59 bits per heavy atom. The first kappa shape index (κ1) is 25.3. The summed E-state index contributed by atoms with van der Waals surface area (Å²) < 4.78 is 5.53. The van der Waals surface area contributed by atoms with Gasteiger partial charge >= 0.3 is 12.1 Å². The Morgan fingerprint density at radius 1 is 1.00 bits per heavy atom.